The van der Waals surface area contributed by atoms with Crippen molar-refractivity contribution in [1.82, 2.24) is 14.3 Å². The number of hydrogen-bond acceptors (Lipinski definition) is 3. The summed E-state index contributed by atoms with van der Waals surface area (Å²) in [6.07, 6.45) is 3.04. The van der Waals surface area contributed by atoms with Crippen LogP contribution in [-0.4, -0.2) is 38.4 Å². The van der Waals surface area contributed by atoms with Gasteiger partial charge in [0.15, 0.2) is 0 Å². The van der Waals surface area contributed by atoms with Crippen LogP contribution >= 0.6 is 0 Å². The Morgan fingerprint density at radius 1 is 1.04 bits per heavy atom. The lowest BCUT2D eigenvalue weighted by molar-refractivity contribution is -0.134. The average Bonchev–Trinajstić information content (AvgIpc) is 2.52. The Bertz CT molecular complexity index is 611. The van der Waals surface area contributed by atoms with Gasteiger partial charge in [-0.15, -0.1) is 0 Å². The predicted molar refractivity (Wildman–Crippen MR) is 89.9 cm³/mol. The van der Waals surface area contributed by atoms with E-state index in [0.717, 1.165) is 19.3 Å². The first-order chi connectivity index (χ1) is 10.9. The highest BCUT2D eigenvalue weighted by Crippen LogP contribution is 2.19. The zero-order valence-electron chi connectivity index (χ0n) is 13.7. The Balaban J connectivity index is 2.23. The first-order valence-corrected chi connectivity index (χ1v) is 9.51. The highest BCUT2D eigenvalue weighted by atomic mass is 32.2. The molecule has 2 N–H and O–H groups in total. The minimum absolute atomic E-state index is 0.190. The molecule has 1 atom stereocenters. The van der Waals surface area contributed by atoms with Crippen molar-refractivity contribution in [2.45, 2.75) is 45.2 Å². The maximum absolute atomic E-state index is 12.8. The average molecular weight is 339 g/mol. The van der Waals surface area contributed by atoms with E-state index in [1.165, 1.54) is 0 Å². The number of amides is 1. The van der Waals surface area contributed by atoms with Gasteiger partial charge < -0.3 is 4.90 Å². The summed E-state index contributed by atoms with van der Waals surface area (Å²) in [6.45, 7) is 4.84. The molecule has 128 valence electrons. The molecule has 1 aliphatic heterocycles. The van der Waals surface area contributed by atoms with Gasteiger partial charge in [-0.3, -0.25) is 4.79 Å². The number of hydrogen-bond donors (Lipinski definition) is 2. The van der Waals surface area contributed by atoms with Gasteiger partial charge in [0, 0.05) is 19.1 Å². The van der Waals surface area contributed by atoms with Gasteiger partial charge in [-0.2, -0.15) is 17.9 Å². The van der Waals surface area contributed by atoms with Crippen molar-refractivity contribution in [1.29, 1.82) is 0 Å². The lowest BCUT2D eigenvalue weighted by Crippen LogP contribution is -2.48. The van der Waals surface area contributed by atoms with Gasteiger partial charge in [-0.25, -0.2) is 0 Å². The van der Waals surface area contributed by atoms with E-state index in [0.29, 0.717) is 18.7 Å². The van der Waals surface area contributed by atoms with Crippen LogP contribution in [0.3, 0.4) is 0 Å². The van der Waals surface area contributed by atoms with Crippen molar-refractivity contribution < 1.29 is 13.2 Å². The molecule has 1 aliphatic rings. The first-order valence-electron chi connectivity index (χ1n) is 8.02. The van der Waals surface area contributed by atoms with E-state index < -0.39 is 16.3 Å². The largest absolute Gasteiger partial charge is 0.341 e. The molecule has 1 aromatic carbocycles. The fraction of sp³-hybridized carbons (Fsp3) is 0.562. The number of nitrogens with zero attached hydrogens (tertiary/aromatic N) is 1. The molecule has 1 unspecified atom stereocenters. The van der Waals surface area contributed by atoms with Gasteiger partial charge in [0.2, 0.25) is 5.91 Å². The van der Waals surface area contributed by atoms with Crippen molar-refractivity contribution in [3.05, 3.63) is 35.9 Å². The highest BCUT2D eigenvalue weighted by Gasteiger charge is 2.30. The number of rotatable bonds is 6. The second kappa shape index (κ2) is 7.90. The van der Waals surface area contributed by atoms with Gasteiger partial charge in [0.1, 0.15) is 6.04 Å². The number of carbonyl (C=O) groups excluding carboxylic acids is 1. The zero-order chi connectivity index (χ0) is 16.9. The quantitative estimate of drug-likeness (QED) is 0.826. The normalized spacial score (nSPS) is 17.3. The van der Waals surface area contributed by atoms with Crippen LogP contribution in [0.15, 0.2) is 30.3 Å². The van der Waals surface area contributed by atoms with Crippen molar-refractivity contribution in [2.24, 2.45) is 0 Å². The second-order valence-electron chi connectivity index (χ2n) is 6.12. The molecule has 23 heavy (non-hydrogen) atoms. The van der Waals surface area contributed by atoms with Crippen LogP contribution < -0.4 is 9.44 Å². The van der Waals surface area contributed by atoms with E-state index in [4.69, 9.17) is 0 Å². The molecule has 0 radical (unpaired) electrons. The zero-order valence-corrected chi connectivity index (χ0v) is 14.5. The van der Waals surface area contributed by atoms with E-state index in [1.807, 2.05) is 6.07 Å². The van der Waals surface area contributed by atoms with Crippen LogP contribution in [0.2, 0.25) is 0 Å². The van der Waals surface area contributed by atoms with E-state index in [9.17, 15) is 13.2 Å². The molecule has 1 saturated heterocycles. The third-order valence-corrected chi connectivity index (χ3v) is 5.04. The molecule has 1 amide bonds. The van der Waals surface area contributed by atoms with Crippen LogP contribution in [0.4, 0.5) is 0 Å². The minimum Gasteiger partial charge on any atom is -0.341 e. The number of carbonyl (C=O) groups is 1. The van der Waals surface area contributed by atoms with Crippen LogP contribution in [-0.2, 0) is 15.0 Å². The van der Waals surface area contributed by atoms with E-state index in [1.54, 1.807) is 43.0 Å². The number of nitrogens with one attached hydrogen (secondary N) is 2. The van der Waals surface area contributed by atoms with E-state index >= 15 is 0 Å². The fourth-order valence-corrected chi connectivity index (χ4v) is 3.94. The van der Waals surface area contributed by atoms with Crippen LogP contribution in [0.1, 0.15) is 44.7 Å². The van der Waals surface area contributed by atoms with E-state index in [-0.39, 0.29) is 11.9 Å². The summed E-state index contributed by atoms with van der Waals surface area (Å²) in [5.74, 6) is -0.190. The molecule has 1 aromatic rings. The molecule has 0 spiro atoms. The number of likely N-dealkylation sites (tertiary alicyclic amines) is 1. The van der Waals surface area contributed by atoms with Gasteiger partial charge >= 0.3 is 0 Å². The van der Waals surface area contributed by atoms with Crippen molar-refractivity contribution in [3.63, 3.8) is 0 Å². The topological polar surface area (TPSA) is 78.5 Å². The lowest BCUT2D eigenvalue weighted by Gasteiger charge is -2.31. The van der Waals surface area contributed by atoms with Gasteiger partial charge in [0.25, 0.3) is 10.2 Å². The Hall–Kier alpha value is -1.44. The predicted octanol–water partition coefficient (Wildman–Crippen LogP) is 1.57. The molecule has 0 bridgehead atoms. The maximum Gasteiger partial charge on any atom is 0.278 e. The summed E-state index contributed by atoms with van der Waals surface area (Å²) < 4.78 is 29.4. The Morgan fingerprint density at radius 3 is 2.22 bits per heavy atom. The Morgan fingerprint density at radius 2 is 1.65 bits per heavy atom. The summed E-state index contributed by atoms with van der Waals surface area (Å²) in [4.78, 5) is 14.6. The molecule has 1 fully saturated rings. The second-order valence-corrected chi connectivity index (χ2v) is 7.60. The molecule has 2 rings (SSSR count). The smallest absolute Gasteiger partial charge is 0.278 e. The van der Waals surface area contributed by atoms with Crippen LogP contribution in [0.25, 0.3) is 0 Å². The first kappa shape index (κ1) is 17.9. The highest BCUT2D eigenvalue weighted by molar-refractivity contribution is 7.87. The monoisotopic (exact) mass is 339 g/mol. The third kappa shape index (κ3) is 5.30. The van der Waals surface area contributed by atoms with Crippen molar-refractivity contribution >= 4 is 16.1 Å². The lowest BCUT2D eigenvalue weighted by atomic mass is 10.0. The molecule has 6 nitrogen and oxygen atoms in total. The summed E-state index contributed by atoms with van der Waals surface area (Å²) in [5, 5.41) is 0. The van der Waals surface area contributed by atoms with Crippen molar-refractivity contribution in [2.75, 3.05) is 13.1 Å². The molecule has 0 aliphatic carbocycles. The fourth-order valence-electron chi connectivity index (χ4n) is 2.70. The molecule has 7 heteroatoms. The number of piperidine rings is 1. The molecular formula is C16H25N3O3S. The Labute approximate surface area is 138 Å². The third-order valence-electron chi connectivity index (χ3n) is 3.71. The summed E-state index contributed by atoms with van der Waals surface area (Å²) in [5.41, 5.74) is 0.650. The van der Waals surface area contributed by atoms with Crippen molar-refractivity contribution in [3.8, 4) is 0 Å². The molecule has 1 heterocycles. The van der Waals surface area contributed by atoms with E-state index in [2.05, 4.69) is 9.44 Å². The van der Waals surface area contributed by atoms with Gasteiger partial charge in [-0.1, -0.05) is 30.3 Å². The molecular weight excluding hydrogens is 314 g/mol. The Kier molecular flexibility index (Phi) is 6.15. The van der Waals surface area contributed by atoms with Crippen LogP contribution in [0.5, 0.6) is 0 Å². The summed E-state index contributed by atoms with van der Waals surface area (Å²) >= 11 is 0. The molecule has 0 aromatic heterocycles. The molecule has 0 saturated carbocycles. The summed E-state index contributed by atoms with van der Waals surface area (Å²) in [6, 6.07) is 7.84. The van der Waals surface area contributed by atoms with Crippen LogP contribution in [0, 0.1) is 0 Å². The minimum atomic E-state index is -3.76. The number of benzene rings is 1. The standard InChI is InChI=1S/C16H25N3O3S/c1-13(2)17-23(21,22)18-15(14-9-5-3-6-10-14)16(20)19-11-7-4-8-12-19/h3,5-6,9-10,13,15,17-18H,4,7-8,11-12H2,1-2H3. The van der Waals surface area contributed by atoms with Gasteiger partial charge in [-0.05, 0) is 38.7 Å². The maximum atomic E-state index is 12.8. The summed E-state index contributed by atoms with van der Waals surface area (Å²) in [7, 11) is -3.76. The van der Waals surface area contributed by atoms with Gasteiger partial charge in [0.05, 0.1) is 0 Å². The SMILES string of the molecule is CC(C)NS(=O)(=O)NC(C(=O)N1CCCCC1)c1ccccc1.